The van der Waals surface area contributed by atoms with Crippen LogP contribution in [0.5, 0.6) is 0 Å². The molecule has 78 valence electrons. The summed E-state index contributed by atoms with van der Waals surface area (Å²) in [6, 6.07) is 0. The molecule has 0 bridgehead atoms. The van der Waals surface area contributed by atoms with E-state index in [-0.39, 0.29) is 18.6 Å². The molecule has 0 aliphatic rings. The molecule has 0 aromatic carbocycles. The van der Waals surface area contributed by atoms with E-state index in [2.05, 4.69) is 0 Å². The van der Waals surface area contributed by atoms with E-state index in [1.165, 1.54) is 0 Å². The van der Waals surface area contributed by atoms with E-state index in [9.17, 15) is 13.6 Å². The Morgan fingerprint density at radius 3 is 2.31 bits per heavy atom. The Morgan fingerprint density at radius 1 is 1.23 bits per heavy atom. The molecule has 0 aromatic heterocycles. The molecule has 0 saturated carbocycles. The van der Waals surface area contributed by atoms with Crippen molar-refractivity contribution in [2.45, 2.75) is 58.3 Å². The molecule has 0 atom stereocenters. The summed E-state index contributed by atoms with van der Waals surface area (Å²) in [5, 5.41) is 0. The van der Waals surface area contributed by atoms with E-state index in [1.54, 1.807) is 0 Å². The lowest BCUT2D eigenvalue weighted by molar-refractivity contribution is -0.121. The van der Waals surface area contributed by atoms with Crippen molar-refractivity contribution in [3.05, 3.63) is 0 Å². The van der Waals surface area contributed by atoms with Gasteiger partial charge in [-0.3, -0.25) is 4.79 Å². The monoisotopic (exact) mass is 192 g/mol. The lowest BCUT2D eigenvalue weighted by Crippen LogP contribution is -2.12. The lowest BCUT2D eigenvalue weighted by atomic mass is 10.1. The molecule has 0 saturated heterocycles. The molecule has 0 N–H and O–H groups in total. The Morgan fingerprint density at radius 2 is 1.85 bits per heavy atom. The van der Waals surface area contributed by atoms with Gasteiger partial charge in [-0.25, -0.2) is 8.78 Å². The second kappa shape index (κ2) is 6.06. The smallest absolute Gasteiger partial charge is 0.245 e. The van der Waals surface area contributed by atoms with Crippen LogP contribution in [0.1, 0.15) is 52.4 Å². The first-order valence-corrected chi connectivity index (χ1v) is 4.85. The predicted octanol–water partition coefficient (Wildman–Crippen LogP) is 3.57. The van der Waals surface area contributed by atoms with Crippen LogP contribution in [-0.2, 0) is 4.79 Å². The lowest BCUT2D eigenvalue weighted by Gasteiger charge is -2.08. The van der Waals surface area contributed by atoms with Gasteiger partial charge in [0, 0.05) is 19.3 Å². The summed E-state index contributed by atoms with van der Waals surface area (Å²) >= 11 is 0. The average Bonchev–Trinajstić information content (AvgIpc) is 2.00. The fourth-order valence-corrected chi connectivity index (χ4v) is 1.06. The van der Waals surface area contributed by atoms with Gasteiger partial charge in [0.15, 0.2) is 0 Å². The number of ketones is 1. The Labute approximate surface area is 78.5 Å². The largest absolute Gasteiger partial charge is 0.300 e. The molecule has 0 amide bonds. The van der Waals surface area contributed by atoms with Gasteiger partial charge in [-0.1, -0.05) is 19.8 Å². The standard InChI is InChI=1S/C10H18F2O/c1-3-4-5-6-9(13)7-8-10(2,11)12/h3-8H2,1-2H3. The van der Waals surface area contributed by atoms with Gasteiger partial charge in [-0.2, -0.15) is 0 Å². The highest BCUT2D eigenvalue weighted by Crippen LogP contribution is 2.19. The van der Waals surface area contributed by atoms with Crippen molar-refractivity contribution in [3.63, 3.8) is 0 Å². The maximum atomic E-state index is 12.3. The number of hydrogen-bond acceptors (Lipinski definition) is 1. The minimum atomic E-state index is -2.69. The SMILES string of the molecule is CCCCCC(=O)CCC(C)(F)F. The number of hydrogen-bond donors (Lipinski definition) is 0. The minimum Gasteiger partial charge on any atom is -0.300 e. The zero-order valence-electron chi connectivity index (χ0n) is 8.41. The molecule has 1 nitrogen and oxygen atoms in total. The number of unbranched alkanes of at least 4 members (excludes halogenated alkanes) is 2. The third kappa shape index (κ3) is 9.44. The van der Waals surface area contributed by atoms with Crippen molar-refractivity contribution in [2.75, 3.05) is 0 Å². The van der Waals surface area contributed by atoms with Gasteiger partial charge in [-0.05, 0) is 13.3 Å². The fraction of sp³-hybridized carbons (Fsp3) is 0.900. The number of halogens is 2. The van der Waals surface area contributed by atoms with E-state index < -0.39 is 5.92 Å². The second-order valence-electron chi connectivity index (χ2n) is 3.57. The first kappa shape index (κ1) is 12.5. The second-order valence-corrected chi connectivity index (χ2v) is 3.57. The first-order valence-electron chi connectivity index (χ1n) is 4.85. The normalized spacial score (nSPS) is 11.7. The highest BCUT2D eigenvalue weighted by Gasteiger charge is 2.21. The van der Waals surface area contributed by atoms with Gasteiger partial charge in [0.05, 0.1) is 0 Å². The highest BCUT2D eigenvalue weighted by molar-refractivity contribution is 5.78. The van der Waals surface area contributed by atoms with Gasteiger partial charge in [-0.15, -0.1) is 0 Å². The number of alkyl halides is 2. The average molecular weight is 192 g/mol. The van der Waals surface area contributed by atoms with Crippen molar-refractivity contribution in [3.8, 4) is 0 Å². The molecule has 0 aliphatic carbocycles. The van der Waals surface area contributed by atoms with E-state index in [4.69, 9.17) is 0 Å². The fourth-order valence-electron chi connectivity index (χ4n) is 1.06. The third-order valence-corrected chi connectivity index (χ3v) is 1.90. The van der Waals surface area contributed by atoms with Gasteiger partial charge in [0.25, 0.3) is 0 Å². The van der Waals surface area contributed by atoms with Gasteiger partial charge in [0.2, 0.25) is 5.92 Å². The maximum Gasteiger partial charge on any atom is 0.245 e. The number of Topliss-reactive ketones (excluding diaryl/α,β-unsaturated/α-hetero) is 1. The molecule has 0 unspecified atom stereocenters. The predicted molar refractivity (Wildman–Crippen MR) is 49.0 cm³/mol. The van der Waals surface area contributed by atoms with Gasteiger partial charge >= 0.3 is 0 Å². The number of carbonyl (C=O) groups excluding carboxylic acids is 1. The van der Waals surface area contributed by atoms with Crippen LogP contribution in [0.4, 0.5) is 8.78 Å². The molecule has 13 heavy (non-hydrogen) atoms. The van der Waals surface area contributed by atoms with Crippen LogP contribution in [-0.4, -0.2) is 11.7 Å². The molecule has 3 heteroatoms. The highest BCUT2D eigenvalue weighted by atomic mass is 19.3. The third-order valence-electron chi connectivity index (χ3n) is 1.90. The maximum absolute atomic E-state index is 12.3. The van der Waals surface area contributed by atoms with E-state index in [0.29, 0.717) is 6.42 Å². The molecule has 0 aliphatic heterocycles. The Balaban J connectivity index is 3.41. The van der Waals surface area contributed by atoms with Crippen LogP contribution in [0.15, 0.2) is 0 Å². The van der Waals surface area contributed by atoms with Gasteiger partial charge < -0.3 is 0 Å². The molecule has 0 fully saturated rings. The summed E-state index contributed by atoms with van der Waals surface area (Å²) in [5.74, 6) is -2.73. The van der Waals surface area contributed by atoms with E-state index in [0.717, 1.165) is 26.2 Å². The summed E-state index contributed by atoms with van der Waals surface area (Å²) in [4.78, 5) is 11.0. The van der Waals surface area contributed by atoms with Crippen molar-refractivity contribution < 1.29 is 13.6 Å². The van der Waals surface area contributed by atoms with Crippen molar-refractivity contribution >= 4 is 5.78 Å². The van der Waals surface area contributed by atoms with Crippen molar-refractivity contribution in [1.29, 1.82) is 0 Å². The molecule has 0 rings (SSSR count). The molecule has 0 heterocycles. The van der Waals surface area contributed by atoms with Crippen molar-refractivity contribution in [1.82, 2.24) is 0 Å². The summed E-state index contributed by atoms with van der Waals surface area (Å²) < 4.78 is 24.6. The Kier molecular flexibility index (Phi) is 5.84. The van der Waals surface area contributed by atoms with Gasteiger partial charge in [0.1, 0.15) is 5.78 Å². The number of rotatable bonds is 7. The van der Waals surface area contributed by atoms with Crippen LogP contribution in [0.2, 0.25) is 0 Å². The van der Waals surface area contributed by atoms with E-state index in [1.807, 2.05) is 6.92 Å². The summed E-state index contributed by atoms with van der Waals surface area (Å²) in [6.45, 7) is 2.90. The van der Waals surface area contributed by atoms with Crippen LogP contribution >= 0.6 is 0 Å². The molecular formula is C10H18F2O. The number of carbonyl (C=O) groups is 1. The van der Waals surface area contributed by atoms with Crippen LogP contribution in [0, 0.1) is 0 Å². The van der Waals surface area contributed by atoms with Crippen molar-refractivity contribution in [2.24, 2.45) is 0 Å². The first-order chi connectivity index (χ1) is 5.95. The van der Waals surface area contributed by atoms with E-state index >= 15 is 0 Å². The molecule has 0 radical (unpaired) electrons. The quantitative estimate of drug-likeness (QED) is 0.563. The molecule has 0 spiro atoms. The summed E-state index contributed by atoms with van der Waals surface area (Å²) in [6.07, 6.45) is 3.07. The summed E-state index contributed by atoms with van der Waals surface area (Å²) in [5.41, 5.74) is 0. The Hall–Kier alpha value is -0.470. The summed E-state index contributed by atoms with van der Waals surface area (Å²) in [7, 11) is 0. The van der Waals surface area contributed by atoms with Crippen LogP contribution < -0.4 is 0 Å². The zero-order valence-corrected chi connectivity index (χ0v) is 8.41. The molecule has 0 aromatic rings. The van der Waals surface area contributed by atoms with Crippen LogP contribution in [0.3, 0.4) is 0 Å². The van der Waals surface area contributed by atoms with Crippen LogP contribution in [0.25, 0.3) is 0 Å². The minimum absolute atomic E-state index is 0.0210. The topological polar surface area (TPSA) is 17.1 Å². The zero-order chi connectivity index (χ0) is 10.3. The molecular weight excluding hydrogens is 174 g/mol. The Bertz CT molecular complexity index is 149.